The van der Waals surface area contributed by atoms with Gasteiger partial charge in [-0.25, -0.2) is 0 Å². The van der Waals surface area contributed by atoms with E-state index in [4.69, 9.17) is 34.4 Å². The Hall–Kier alpha value is -9.19. The number of hydrogen-bond donors (Lipinski definition) is 15. The molecule has 22 heteroatoms. The van der Waals surface area contributed by atoms with Gasteiger partial charge in [0.15, 0.2) is 0 Å². The third-order valence-corrected chi connectivity index (χ3v) is 16.6. The van der Waals surface area contributed by atoms with Gasteiger partial charge in [0.05, 0.1) is 18.1 Å². The monoisotopic (exact) mass is 1270 g/mol. The van der Waals surface area contributed by atoms with Crippen LogP contribution in [-0.4, -0.2) is 106 Å². The maximum Gasteiger partial charge on any atom is 0.246 e. The second-order valence-corrected chi connectivity index (χ2v) is 23.3. The topological polar surface area (TPSA) is 378 Å². The molecule has 21 nitrogen and oxygen atoms in total. The van der Waals surface area contributed by atoms with Crippen molar-refractivity contribution in [3.05, 3.63) is 198 Å². The van der Waals surface area contributed by atoms with E-state index in [-0.39, 0.29) is 31.7 Å². The Kier molecular flexibility index (Phi) is 25.2. The Morgan fingerprint density at radius 1 is 0.348 bits per heavy atom. The van der Waals surface area contributed by atoms with Crippen LogP contribution in [0.5, 0.6) is 0 Å². The molecule has 92 heavy (non-hydrogen) atoms. The Labute approximate surface area is 541 Å². The maximum atomic E-state index is 14.1. The van der Waals surface area contributed by atoms with Crippen LogP contribution >= 0.6 is 12.4 Å². The number of unbranched alkanes of at least 4 members (excludes halogenated alkanes) is 3. The lowest BCUT2D eigenvalue weighted by Gasteiger charge is -2.23. The zero-order chi connectivity index (χ0) is 64.2. The molecule has 0 aliphatic carbocycles. The number of rotatable bonds is 33. The van der Waals surface area contributed by atoms with E-state index >= 15 is 0 Å². The molecule has 6 atom stereocenters. The number of para-hydroxylation sites is 3. The van der Waals surface area contributed by atoms with Gasteiger partial charge in [-0.15, -0.1) is 12.4 Å². The summed E-state index contributed by atoms with van der Waals surface area (Å²) < 4.78 is 0. The minimum atomic E-state index is -0.915. The summed E-state index contributed by atoms with van der Waals surface area (Å²) in [5.74, 6) is -3.01. The molecule has 21 N–H and O–H groups in total. The molecule has 0 unspecified atom stereocenters. The second kappa shape index (κ2) is 33.8. The van der Waals surface area contributed by atoms with Gasteiger partial charge in [0.25, 0.3) is 0 Å². The van der Waals surface area contributed by atoms with E-state index in [1.165, 1.54) is 0 Å². The summed E-state index contributed by atoms with van der Waals surface area (Å²) in [6, 6.07) is 40.1. The molecule has 9 aromatic rings. The lowest BCUT2D eigenvalue weighted by molar-refractivity contribution is -0.127. The summed E-state index contributed by atoms with van der Waals surface area (Å²) in [4.78, 5) is 92.8. The van der Waals surface area contributed by atoms with Crippen LogP contribution in [0.25, 0.3) is 32.7 Å². The fourth-order valence-corrected chi connectivity index (χ4v) is 11.6. The molecule has 0 aliphatic rings. The number of H-pyrrole nitrogens is 3. The number of anilines is 3. The fourth-order valence-electron chi connectivity index (χ4n) is 11.6. The third-order valence-electron chi connectivity index (χ3n) is 16.6. The third kappa shape index (κ3) is 18.3. The molecule has 3 aromatic heterocycles. The molecule has 0 saturated heterocycles. The van der Waals surface area contributed by atoms with E-state index in [1.54, 1.807) is 36.4 Å². The summed E-state index contributed by atoms with van der Waals surface area (Å²) in [5.41, 5.74) is 46.4. The number of carbonyl (C=O) groups excluding carboxylic acids is 6. The quantitative estimate of drug-likeness (QED) is 0.0145. The van der Waals surface area contributed by atoms with Crippen molar-refractivity contribution in [1.29, 1.82) is 0 Å². The molecule has 6 aromatic carbocycles. The molecule has 0 bridgehead atoms. The number of hydrogen-bond acceptors (Lipinski definition) is 12. The van der Waals surface area contributed by atoms with Gasteiger partial charge in [-0.2, -0.15) is 0 Å². The van der Waals surface area contributed by atoms with Crippen molar-refractivity contribution in [3.63, 3.8) is 0 Å². The molecular weight excluding hydrogens is 1180 g/mol. The fraction of sp³-hybridized carbons (Fsp3) is 0.314. The van der Waals surface area contributed by atoms with Gasteiger partial charge in [-0.1, -0.05) is 91.0 Å². The van der Waals surface area contributed by atoms with Crippen LogP contribution in [-0.2, 0) is 48.0 Å². The first-order chi connectivity index (χ1) is 44.2. The van der Waals surface area contributed by atoms with Crippen molar-refractivity contribution < 1.29 is 28.8 Å². The van der Waals surface area contributed by atoms with E-state index in [0.29, 0.717) is 94.5 Å². The number of benzene rings is 6. The van der Waals surface area contributed by atoms with Crippen molar-refractivity contribution in [2.75, 3.05) is 35.6 Å². The average molecular weight is 1270 g/mol. The van der Waals surface area contributed by atoms with Gasteiger partial charge in [0.1, 0.15) is 18.1 Å². The van der Waals surface area contributed by atoms with Crippen molar-refractivity contribution in [1.82, 2.24) is 30.9 Å². The van der Waals surface area contributed by atoms with Gasteiger partial charge < -0.3 is 81.3 Å². The van der Waals surface area contributed by atoms with E-state index in [1.807, 2.05) is 128 Å². The first-order valence-electron chi connectivity index (χ1n) is 31.4. The smallest absolute Gasteiger partial charge is 0.246 e. The highest BCUT2D eigenvalue weighted by atomic mass is 35.5. The predicted molar refractivity (Wildman–Crippen MR) is 368 cm³/mol. The molecule has 3 heterocycles. The van der Waals surface area contributed by atoms with Crippen LogP contribution in [0.1, 0.15) is 97.1 Å². The van der Waals surface area contributed by atoms with Crippen molar-refractivity contribution in [3.8, 4) is 0 Å². The Balaban J connectivity index is 0.0000109. The molecular formula is C70H86ClN15O6. The van der Waals surface area contributed by atoms with Gasteiger partial charge >= 0.3 is 0 Å². The number of aromatic nitrogens is 3. The van der Waals surface area contributed by atoms with Crippen molar-refractivity contribution >= 4 is 97.6 Å². The van der Waals surface area contributed by atoms with Crippen LogP contribution in [0, 0.1) is 0 Å². The molecule has 0 spiro atoms. The number of amides is 6. The number of halogens is 1. The molecule has 0 saturated carbocycles. The standard InChI is InChI=1S/C70H85N15O6.ClH/c71-34-10-7-19-61(83-65(86)55(74)37-46-40-77-58-16-4-1-13-52(46)58)68(89)80-49-28-22-43(23-29-49)64(44-24-30-50(31-25-44)81-69(90)62(20-8-11-35-72)84-66(87)56(75)38-47-41-78-59-17-5-2-14-53(47)59)45-26-32-51(33-27-45)82-70(91)63(21-9-12-36-73)85-67(88)57(76)39-48-42-79-60-18-6-3-15-54(48)60;/h1-6,13-18,22-33,40-42,55-57,61-64,77-79H,7-12,19-21,34-39,71-76H2,(H,80,89)(H,81,90)(H,82,91)(H,83,86)(H,84,87)(H,85,88);1H/t55-,56-,57-,61-,62-,63-;/m1./s1. The van der Waals surface area contributed by atoms with Crippen molar-refractivity contribution in [2.45, 2.75) is 119 Å². The SMILES string of the molecule is Cl.NCCCC[C@@H](NC(=O)[C@H](N)Cc1c[nH]c2ccccc12)C(=O)Nc1ccc(C(c2ccc(NC(=O)[C@@H](CCCCN)NC(=O)[C@H](N)Cc3c[nH]c4ccccc34)cc2)c2ccc(NC(=O)[C@@H](CCCCN)NC(=O)[C@H](N)Cc3c[nH]c4ccccc34)cc2)cc1. The summed E-state index contributed by atoms with van der Waals surface area (Å²) in [5, 5.41) is 20.7. The molecule has 0 aliphatic heterocycles. The van der Waals surface area contributed by atoms with Gasteiger partial charge in [-0.05, 0) is 185 Å². The van der Waals surface area contributed by atoms with E-state index in [0.717, 1.165) is 66.1 Å². The van der Waals surface area contributed by atoms with E-state index in [9.17, 15) is 28.8 Å². The summed E-state index contributed by atoms with van der Waals surface area (Å²) in [6.45, 7) is 1.29. The summed E-state index contributed by atoms with van der Waals surface area (Å²) >= 11 is 0. The number of nitrogens with two attached hydrogens (primary N) is 6. The molecule has 0 fully saturated rings. The van der Waals surface area contributed by atoms with Crippen LogP contribution in [0.3, 0.4) is 0 Å². The largest absolute Gasteiger partial charge is 0.361 e. The van der Waals surface area contributed by atoms with Crippen LogP contribution in [0.2, 0.25) is 0 Å². The molecule has 484 valence electrons. The zero-order valence-electron chi connectivity index (χ0n) is 51.6. The number of nitrogens with one attached hydrogen (secondary N) is 9. The maximum absolute atomic E-state index is 14.1. The highest BCUT2D eigenvalue weighted by Crippen LogP contribution is 2.35. The van der Waals surface area contributed by atoms with Gasteiger partial charge in [0.2, 0.25) is 35.4 Å². The van der Waals surface area contributed by atoms with Gasteiger partial charge in [-0.3, -0.25) is 28.8 Å². The Bertz CT molecular complexity index is 3490. The first-order valence-corrected chi connectivity index (χ1v) is 31.4. The molecule has 0 radical (unpaired) electrons. The Morgan fingerprint density at radius 3 is 0.870 bits per heavy atom. The molecule has 6 amide bonds. The number of fused-ring (bicyclic) bond motifs is 3. The minimum Gasteiger partial charge on any atom is -0.361 e. The van der Waals surface area contributed by atoms with Crippen LogP contribution in [0.4, 0.5) is 17.1 Å². The minimum absolute atomic E-state index is 0. The molecule has 9 rings (SSSR count). The second-order valence-electron chi connectivity index (χ2n) is 23.3. The van der Waals surface area contributed by atoms with Crippen LogP contribution in [0.15, 0.2) is 164 Å². The Morgan fingerprint density at radius 2 is 0.609 bits per heavy atom. The highest BCUT2D eigenvalue weighted by molar-refractivity contribution is 6.00. The zero-order valence-corrected chi connectivity index (χ0v) is 52.4. The highest BCUT2D eigenvalue weighted by Gasteiger charge is 2.29. The summed E-state index contributed by atoms with van der Waals surface area (Å²) in [6.07, 6.45) is 11.1. The lowest BCUT2D eigenvalue weighted by atomic mass is 9.85. The van der Waals surface area contributed by atoms with Gasteiger partial charge in [0, 0.05) is 74.3 Å². The normalized spacial score (nSPS) is 13.3. The van der Waals surface area contributed by atoms with E-state index < -0.39 is 77.6 Å². The van der Waals surface area contributed by atoms with Crippen LogP contribution < -0.4 is 66.3 Å². The average Bonchev–Trinajstić information content (AvgIpc) is 1.04. The lowest BCUT2D eigenvalue weighted by Crippen LogP contribution is -2.50. The summed E-state index contributed by atoms with van der Waals surface area (Å²) in [7, 11) is 0. The number of carbonyl (C=O) groups is 6. The first kappa shape index (κ1) is 68.7. The van der Waals surface area contributed by atoms with E-state index in [2.05, 4.69) is 46.9 Å². The van der Waals surface area contributed by atoms with Crippen molar-refractivity contribution in [2.24, 2.45) is 34.4 Å². The number of aromatic amines is 3. The predicted octanol–water partition coefficient (Wildman–Crippen LogP) is 7.10.